The highest BCUT2D eigenvalue weighted by Crippen LogP contribution is 2.41. The maximum Gasteiger partial charge on any atom is 0.421 e. The molecule has 32 heavy (non-hydrogen) atoms. The molecule has 2 aromatic rings. The average Bonchev–Trinajstić information content (AvgIpc) is 2.95. The summed E-state index contributed by atoms with van der Waals surface area (Å²) in [5, 5.41) is 7.51. The van der Waals surface area contributed by atoms with E-state index in [0.717, 1.165) is 19.3 Å². The molecule has 0 spiro atoms. The number of sulfone groups is 1. The van der Waals surface area contributed by atoms with Crippen LogP contribution >= 0.6 is 0 Å². The number of aromatic nitrogens is 4. The van der Waals surface area contributed by atoms with E-state index >= 15 is 0 Å². The summed E-state index contributed by atoms with van der Waals surface area (Å²) < 4.78 is 70.1. The molecule has 1 saturated heterocycles. The molecular weight excluding hydrogens is 449 g/mol. The van der Waals surface area contributed by atoms with Crippen LogP contribution in [-0.2, 0) is 16.0 Å². The quantitative estimate of drug-likeness (QED) is 0.626. The van der Waals surface area contributed by atoms with Gasteiger partial charge in [-0.05, 0) is 24.7 Å². The van der Waals surface area contributed by atoms with Gasteiger partial charge in [0.1, 0.15) is 17.1 Å². The van der Waals surface area contributed by atoms with Crippen molar-refractivity contribution in [2.75, 3.05) is 29.2 Å². The molecule has 13 heteroatoms. The maximum atomic E-state index is 13.0. The lowest BCUT2D eigenvalue weighted by Crippen LogP contribution is -2.39. The molecular formula is C19H25F3N6O3S. The van der Waals surface area contributed by atoms with Crippen molar-refractivity contribution in [1.82, 2.24) is 19.7 Å². The summed E-state index contributed by atoms with van der Waals surface area (Å²) in [6.07, 6.45) is -0.815. The minimum Gasteiger partial charge on any atom is -0.476 e. The first-order chi connectivity index (χ1) is 14.9. The fraction of sp³-hybridized carbons (Fsp3) is 0.632. The van der Waals surface area contributed by atoms with Crippen LogP contribution in [0.3, 0.4) is 0 Å². The number of anilines is 3. The zero-order valence-electron chi connectivity index (χ0n) is 17.7. The van der Waals surface area contributed by atoms with Crippen molar-refractivity contribution in [3.63, 3.8) is 0 Å². The van der Waals surface area contributed by atoms with Gasteiger partial charge in [-0.2, -0.15) is 23.3 Å². The number of nitrogens with two attached hydrogens (primary N) is 1. The molecule has 0 amide bonds. The van der Waals surface area contributed by atoms with Gasteiger partial charge in [-0.15, -0.1) is 0 Å². The molecule has 0 radical (unpaired) electrons. The number of halogens is 3. The lowest BCUT2D eigenvalue weighted by molar-refractivity contribution is -0.137. The Morgan fingerprint density at radius 1 is 1.31 bits per heavy atom. The van der Waals surface area contributed by atoms with Gasteiger partial charge in [0.25, 0.3) is 0 Å². The fourth-order valence-corrected chi connectivity index (χ4v) is 5.02. The molecule has 0 aromatic carbocycles. The van der Waals surface area contributed by atoms with E-state index in [0.29, 0.717) is 36.0 Å². The van der Waals surface area contributed by atoms with E-state index in [1.165, 1.54) is 0 Å². The monoisotopic (exact) mass is 474 g/mol. The summed E-state index contributed by atoms with van der Waals surface area (Å²) in [6, 6.07) is -0.372. The molecule has 3 heterocycles. The van der Waals surface area contributed by atoms with Crippen LogP contribution in [0.2, 0.25) is 0 Å². The zero-order valence-corrected chi connectivity index (χ0v) is 18.5. The van der Waals surface area contributed by atoms with Crippen LogP contribution in [0.5, 0.6) is 5.88 Å². The second kappa shape index (κ2) is 8.09. The SMILES string of the molecule is CC(C)c1nn(C2CS(=O)(=O)C2)c(OCC2CCC2)c1Nc1ncc(C(F)(F)F)c(N)n1. The van der Waals surface area contributed by atoms with Crippen LogP contribution < -0.4 is 15.8 Å². The molecule has 1 saturated carbocycles. The Hall–Kier alpha value is -2.57. The number of nitrogens with zero attached hydrogens (tertiary/aromatic N) is 4. The zero-order chi connectivity index (χ0) is 23.3. The average molecular weight is 475 g/mol. The molecule has 1 aliphatic heterocycles. The van der Waals surface area contributed by atoms with Gasteiger partial charge in [-0.3, -0.25) is 0 Å². The Bertz CT molecular complexity index is 1100. The van der Waals surface area contributed by atoms with Crippen LogP contribution in [0.25, 0.3) is 0 Å². The van der Waals surface area contributed by atoms with Crippen LogP contribution in [0.1, 0.15) is 56.3 Å². The number of rotatable bonds is 7. The Morgan fingerprint density at radius 2 is 2.00 bits per heavy atom. The molecule has 2 aromatic heterocycles. The van der Waals surface area contributed by atoms with Crippen LogP contribution in [-0.4, -0.2) is 46.3 Å². The Morgan fingerprint density at radius 3 is 2.50 bits per heavy atom. The molecule has 9 nitrogen and oxygen atoms in total. The molecule has 176 valence electrons. The van der Waals surface area contributed by atoms with E-state index in [4.69, 9.17) is 10.5 Å². The van der Waals surface area contributed by atoms with E-state index in [9.17, 15) is 21.6 Å². The van der Waals surface area contributed by atoms with Crippen molar-refractivity contribution in [2.45, 2.75) is 51.2 Å². The standard InChI is InChI=1S/C19H25F3N6O3S/c1-10(2)14-15(25-18-24-6-13(16(23)26-18)19(20,21)22)17(31-7-11-4-3-5-11)28(27-14)12-8-32(29,30)9-12/h6,10-12H,3-5,7-9H2,1-2H3,(H3,23,24,25,26). The normalized spacial score (nSPS) is 18.9. The number of hydrogen-bond donors (Lipinski definition) is 2. The Labute approximate surface area is 183 Å². The fourth-order valence-electron chi connectivity index (χ4n) is 3.66. The van der Waals surface area contributed by atoms with E-state index in [-0.39, 0.29) is 29.4 Å². The largest absolute Gasteiger partial charge is 0.476 e. The van der Waals surface area contributed by atoms with Gasteiger partial charge in [0, 0.05) is 6.20 Å². The summed E-state index contributed by atoms with van der Waals surface area (Å²) in [6.45, 7) is 4.23. The number of hydrogen-bond acceptors (Lipinski definition) is 8. The van der Waals surface area contributed by atoms with Crippen molar-refractivity contribution in [1.29, 1.82) is 0 Å². The highest BCUT2D eigenvalue weighted by molar-refractivity contribution is 7.92. The third-order valence-electron chi connectivity index (χ3n) is 5.72. The van der Waals surface area contributed by atoms with Crippen molar-refractivity contribution < 1.29 is 26.3 Å². The number of nitrogens with one attached hydrogen (secondary N) is 1. The third-order valence-corrected chi connectivity index (χ3v) is 7.51. The molecule has 2 aliphatic rings. The summed E-state index contributed by atoms with van der Waals surface area (Å²) in [7, 11) is -3.11. The molecule has 0 atom stereocenters. The summed E-state index contributed by atoms with van der Waals surface area (Å²) in [5.74, 6) is -0.278. The number of alkyl halides is 3. The maximum absolute atomic E-state index is 13.0. The van der Waals surface area contributed by atoms with E-state index < -0.39 is 27.4 Å². The van der Waals surface area contributed by atoms with Gasteiger partial charge in [-0.1, -0.05) is 20.3 Å². The third kappa shape index (κ3) is 4.48. The summed E-state index contributed by atoms with van der Waals surface area (Å²) in [4.78, 5) is 7.52. The number of ether oxygens (including phenoxy) is 1. The van der Waals surface area contributed by atoms with Crippen molar-refractivity contribution in [3.8, 4) is 5.88 Å². The minimum atomic E-state index is -4.66. The molecule has 0 bridgehead atoms. The first-order valence-electron chi connectivity index (χ1n) is 10.4. The first-order valence-corrected chi connectivity index (χ1v) is 12.2. The predicted molar refractivity (Wildman–Crippen MR) is 112 cm³/mol. The minimum absolute atomic E-state index is 0.0465. The predicted octanol–water partition coefficient (Wildman–Crippen LogP) is 3.29. The van der Waals surface area contributed by atoms with Gasteiger partial charge >= 0.3 is 6.18 Å². The van der Waals surface area contributed by atoms with Gasteiger partial charge in [0.15, 0.2) is 9.84 Å². The highest BCUT2D eigenvalue weighted by Gasteiger charge is 2.39. The molecule has 0 unspecified atom stereocenters. The lowest BCUT2D eigenvalue weighted by atomic mass is 9.86. The molecule has 2 fully saturated rings. The van der Waals surface area contributed by atoms with Crippen LogP contribution in [0.4, 0.5) is 30.6 Å². The van der Waals surface area contributed by atoms with Crippen molar-refractivity contribution >= 4 is 27.3 Å². The Kier molecular flexibility index (Phi) is 5.72. The lowest BCUT2D eigenvalue weighted by Gasteiger charge is -2.29. The van der Waals surface area contributed by atoms with E-state index in [2.05, 4.69) is 20.4 Å². The highest BCUT2D eigenvalue weighted by atomic mass is 32.2. The van der Waals surface area contributed by atoms with E-state index in [1.807, 2.05) is 13.8 Å². The Balaban J connectivity index is 1.70. The first kappa shape index (κ1) is 22.6. The molecule has 4 rings (SSSR count). The van der Waals surface area contributed by atoms with Crippen molar-refractivity contribution in [3.05, 3.63) is 17.5 Å². The van der Waals surface area contributed by atoms with E-state index in [1.54, 1.807) is 4.68 Å². The van der Waals surface area contributed by atoms with Crippen LogP contribution in [0.15, 0.2) is 6.20 Å². The molecule has 3 N–H and O–H groups in total. The summed E-state index contributed by atoms with van der Waals surface area (Å²) >= 11 is 0. The molecule has 1 aliphatic carbocycles. The second-order valence-electron chi connectivity index (χ2n) is 8.62. The van der Waals surface area contributed by atoms with Gasteiger partial charge in [-0.25, -0.2) is 18.1 Å². The number of nitrogen functional groups attached to an aromatic ring is 1. The van der Waals surface area contributed by atoms with Gasteiger partial charge < -0.3 is 15.8 Å². The summed E-state index contributed by atoms with van der Waals surface area (Å²) in [5.41, 5.74) is 5.36. The van der Waals surface area contributed by atoms with Gasteiger partial charge in [0.05, 0.1) is 29.8 Å². The smallest absolute Gasteiger partial charge is 0.421 e. The van der Waals surface area contributed by atoms with Gasteiger partial charge in [0.2, 0.25) is 11.8 Å². The van der Waals surface area contributed by atoms with Crippen LogP contribution in [0, 0.1) is 5.92 Å². The van der Waals surface area contributed by atoms with Crippen molar-refractivity contribution in [2.24, 2.45) is 5.92 Å². The second-order valence-corrected chi connectivity index (χ2v) is 10.8. The topological polar surface area (TPSA) is 125 Å².